The highest BCUT2D eigenvalue weighted by Gasteiger charge is 2.23. The standard InChI is InChI=1S/C18H20BrN3O3S/c19-11-5-10-6-15(18-21-13(9-26-18)8-16(23)24)22-17(10)14(7-11)20-12-1-3-25-4-2-12/h5-7,12-13,20,22H,1-4,8-9H2,(H,23,24)/t13-/m1/s1. The summed E-state index contributed by atoms with van der Waals surface area (Å²) in [5.74, 6) is -0.0856. The van der Waals surface area contributed by atoms with Gasteiger partial charge in [0.25, 0.3) is 0 Å². The van der Waals surface area contributed by atoms with Crippen LogP contribution in [-0.4, -0.2) is 52.2 Å². The summed E-state index contributed by atoms with van der Waals surface area (Å²) in [5.41, 5.74) is 3.07. The van der Waals surface area contributed by atoms with Crippen LogP contribution in [0.25, 0.3) is 10.9 Å². The molecule has 0 saturated carbocycles. The van der Waals surface area contributed by atoms with Gasteiger partial charge in [0.2, 0.25) is 0 Å². The number of halogens is 1. The van der Waals surface area contributed by atoms with Crippen LogP contribution in [0, 0.1) is 0 Å². The van der Waals surface area contributed by atoms with E-state index in [4.69, 9.17) is 9.84 Å². The van der Waals surface area contributed by atoms with E-state index in [0.29, 0.717) is 11.8 Å². The molecule has 1 saturated heterocycles. The van der Waals surface area contributed by atoms with Crippen molar-refractivity contribution >= 4 is 55.3 Å². The van der Waals surface area contributed by atoms with E-state index in [-0.39, 0.29) is 12.5 Å². The van der Waals surface area contributed by atoms with Gasteiger partial charge in [-0.1, -0.05) is 15.9 Å². The maximum Gasteiger partial charge on any atom is 0.305 e. The van der Waals surface area contributed by atoms with E-state index in [1.807, 2.05) is 0 Å². The van der Waals surface area contributed by atoms with Crippen LogP contribution >= 0.6 is 27.7 Å². The predicted molar refractivity (Wildman–Crippen MR) is 108 cm³/mol. The van der Waals surface area contributed by atoms with E-state index in [1.165, 1.54) is 0 Å². The second-order valence-electron chi connectivity index (χ2n) is 6.63. The van der Waals surface area contributed by atoms with Crippen LogP contribution in [0.4, 0.5) is 5.69 Å². The van der Waals surface area contributed by atoms with Crippen molar-refractivity contribution in [1.29, 1.82) is 0 Å². The molecule has 4 rings (SSSR count). The van der Waals surface area contributed by atoms with Crippen LogP contribution in [-0.2, 0) is 9.53 Å². The summed E-state index contributed by atoms with van der Waals surface area (Å²) in [6.07, 6.45) is 2.08. The number of anilines is 1. The first-order valence-corrected chi connectivity index (χ1v) is 10.5. The molecule has 0 bridgehead atoms. The number of hydrogen-bond donors (Lipinski definition) is 3. The lowest BCUT2D eigenvalue weighted by Crippen LogP contribution is -2.27. The van der Waals surface area contributed by atoms with Crippen LogP contribution in [0.5, 0.6) is 0 Å². The number of aliphatic carboxylic acids is 1. The Morgan fingerprint density at radius 3 is 2.96 bits per heavy atom. The van der Waals surface area contributed by atoms with Crippen LogP contribution in [0.15, 0.2) is 27.7 Å². The monoisotopic (exact) mass is 437 g/mol. The summed E-state index contributed by atoms with van der Waals surface area (Å²) in [5, 5.41) is 14.6. The molecule has 1 aromatic carbocycles. The second-order valence-corrected chi connectivity index (χ2v) is 8.55. The first-order valence-electron chi connectivity index (χ1n) is 8.68. The number of nitrogens with zero attached hydrogens (tertiary/aromatic N) is 1. The molecular formula is C18H20BrN3O3S. The number of carboxylic acid groups (broad SMARTS) is 1. The fraction of sp³-hybridized carbons (Fsp3) is 0.444. The largest absolute Gasteiger partial charge is 0.481 e. The van der Waals surface area contributed by atoms with Gasteiger partial charge in [0.05, 0.1) is 29.4 Å². The van der Waals surface area contributed by atoms with E-state index in [0.717, 1.165) is 57.9 Å². The molecule has 0 aliphatic carbocycles. The minimum Gasteiger partial charge on any atom is -0.481 e. The molecule has 138 valence electrons. The number of ether oxygens (including phenoxy) is 1. The van der Waals surface area contributed by atoms with Crippen molar-refractivity contribution in [2.24, 2.45) is 4.99 Å². The Bertz CT molecular complexity index is 861. The number of carbonyl (C=O) groups is 1. The van der Waals surface area contributed by atoms with Gasteiger partial charge in [0, 0.05) is 34.9 Å². The maximum absolute atomic E-state index is 10.9. The average Bonchev–Trinajstić information content (AvgIpc) is 3.22. The lowest BCUT2D eigenvalue weighted by Gasteiger charge is -2.24. The predicted octanol–water partition coefficient (Wildman–Crippen LogP) is 3.86. The summed E-state index contributed by atoms with van der Waals surface area (Å²) in [7, 11) is 0. The van der Waals surface area contributed by atoms with E-state index in [9.17, 15) is 4.79 Å². The lowest BCUT2D eigenvalue weighted by atomic mass is 10.1. The van der Waals surface area contributed by atoms with Crippen molar-refractivity contribution in [1.82, 2.24) is 4.98 Å². The van der Waals surface area contributed by atoms with Gasteiger partial charge in [0.1, 0.15) is 5.04 Å². The molecule has 3 heterocycles. The Labute approximate surface area is 163 Å². The Hall–Kier alpha value is -1.51. The normalized spacial score (nSPS) is 21.1. The number of aromatic nitrogens is 1. The quantitative estimate of drug-likeness (QED) is 0.660. The molecule has 6 nitrogen and oxygen atoms in total. The molecule has 26 heavy (non-hydrogen) atoms. The fourth-order valence-electron chi connectivity index (χ4n) is 3.37. The number of H-pyrrole nitrogens is 1. The Balaban J connectivity index is 1.62. The van der Waals surface area contributed by atoms with Gasteiger partial charge in [-0.3, -0.25) is 9.79 Å². The molecule has 1 fully saturated rings. The van der Waals surface area contributed by atoms with Crippen molar-refractivity contribution in [3.05, 3.63) is 28.4 Å². The topological polar surface area (TPSA) is 86.7 Å². The van der Waals surface area contributed by atoms with Crippen LogP contribution in [0.1, 0.15) is 25.0 Å². The molecule has 2 aliphatic heterocycles. The van der Waals surface area contributed by atoms with Gasteiger partial charge >= 0.3 is 5.97 Å². The number of benzene rings is 1. The van der Waals surface area contributed by atoms with Gasteiger partial charge in [-0.2, -0.15) is 0 Å². The van der Waals surface area contributed by atoms with Gasteiger partial charge in [-0.05, 0) is 31.0 Å². The van der Waals surface area contributed by atoms with Gasteiger partial charge in [-0.15, -0.1) is 11.8 Å². The van der Waals surface area contributed by atoms with Crippen molar-refractivity contribution < 1.29 is 14.6 Å². The molecule has 8 heteroatoms. The highest BCUT2D eigenvalue weighted by atomic mass is 79.9. The minimum atomic E-state index is -0.802. The third-order valence-corrected chi connectivity index (χ3v) is 6.24. The van der Waals surface area contributed by atoms with Crippen LogP contribution in [0.3, 0.4) is 0 Å². The maximum atomic E-state index is 10.9. The lowest BCUT2D eigenvalue weighted by molar-refractivity contribution is -0.137. The van der Waals surface area contributed by atoms with Crippen molar-refractivity contribution in [3.63, 3.8) is 0 Å². The fourth-order valence-corrected chi connectivity index (χ4v) is 4.87. The van der Waals surface area contributed by atoms with E-state index < -0.39 is 5.97 Å². The third-order valence-electron chi connectivity index (χ3n) is 4.63. The van der Waals surface area contributed by atoms with Crippen molar-refractivity contribution in [2.45, 2.75) is 31.3 Å². The Morgan fingerprint density at radius 2 is 2.19 bits per heavy atom. The first-order chi connectivity index (χ1) is 12.6. The zero-order valence-corrected chi connectivity index (χ0v) is 16.5. The Kier molecular flexibility index (Phi) is 5.24. The summed E-state index contributed by atoms with van der Waals surface area (Å²) in [4.78, 5) is 19.0. The number of thioether (sulfide) groups is 1. The zero-order chi connectivity index (χ0) is 18.1. The number of carboxylic acids is 1. The zero-order valence-electron chi connectivity index (χ0n) is 14.1. The molecule has 2 aromatic rings. The number of hydrogen-bond acceptors (Lipinski definition) is 5. The molecule has 1 aromatic heterocycles. The second kappa shape index (κ2) is 7.62. The smallest absolute Gasteiger partial charge is 0.305 e. The number of rotatable bonds is 5. The number of aliphatic imine (C=N–C) groups is 1. The molecule has 0 unspecified atom stereocenters. The number of fused-ring (bicyclic) bond motifs is 1. The van der Waals surface area contributed by atoms with Gasteiger partial charge in [-0.25, -0.2) is 0 Å². The number of nitrogens with one attached hydrogen (secondary N) is 2. The van der Waals surface area contributed by atoms with Gasteiger partial charge in [0.15, 0.2) is 0 Å². The third kappa shape index (κ3) is 3.92. The molecule has 2 aliphatic rings. The number of aromatic amines is 1. The van der Waals surface area contributed by atoms with E-state index in [2.05, 4.69) is 49.4 Å². The molecule has 0 spiro atoms. The van der Waals surface area contributed by atoms with E-state index in [1.54, 1.807) is 11.8 Å². The van der Waals surface area contributed by atoms with Crippen molar-refractivity contribution in [2.75, 3.05) is 24.3 Å². The SMILES string of the molecule is O=C(O)C[C@@H]1CSC(c2cc3cc(Br)cc(NC4CCOCC4)c3[nH]2)=N1. The van der Waals surface area contributed by atoms with Crippen molar-refractivity contribution in [3.8, 4) is 0 Å². The summed E-state index contributed by atoms with van der Waals surface area (Å²) in [6.45, 7) is 1.59. The summed E-state index contributed by atoms with van der Waals surface area (Å²) < 4.78 is 6.46. The van der Waals surface area contributed by atoms with E-state index >= 15 is 0 Å². The average molecular weight is 438 g/mol. The van der Waals surface area contributed by atoms with Crippen LogP contribution in [0.2, 0.25) is 0 Å². The minimum absolute atomic E-state index is 0.0822. The Morgan fingerprint density at radius 1 is 1.38 bits per heavy atom. The first kappa shape index (κ1) is 17.9. The molecule has 3 N–H and O–H groups in total. The summed E-state index contributed by atoms with van der Waals surface area (Å²) >= 11 is 5.21. The highest BCUT2D eigenvalue weighted by Crippen LogP contribution is 2.33. The van der Waals surface area contributed by atoms with Crippen LogP contribution < -0.4 is 5.32 Å². The molecule has 0 radical (unpaired) electrons. The molecule has 1 atom stereocenters. The molecular weight excluding hydrogens is 418 g/mol. The molecule has 0 amide bonds. The summed E-state index contributed by atoms with van der Waals surface area (Å²) in [6, 6.07) is 6.52. The van der Waals surface area contributed by atoms with Gasteiger partial charge < -0.3 is 20.1 Å². The highest BCUT2D eigenvalue weighted by molar-refractivity contribution is 9.10.